The van der Waals surface area contributed by atoms with E-state index in [1.807, 2.05) is 29.2 Å². The van der Waals surface area contributed by atoms with Gasteiger partial charge in [0.1, 0.15) is 0 Å². The average Bonchev–Trinajstić information content (AvgIpc) is 2.79. The molecule has 1 aliphatic heterocycles. The predicted molar refractivity (Wildman–Crippen MR) is 122 cm³/mol. The second-order valence-electron chi connectivity index (χ2n) is 7.38. The summed E-state index contributed by atoms with van der Waals surface area (Å²) in [5.41, 5.74) is 3.46. The van der Waals surface area contributed by atoms with E-state index in [2.05, 4.69) is 30.3 Å². The summed E-state index contributed by atoms with van der Waals surface area (Å²) in [5.74, 6) is -0.233. The standard InChI is InChI=1S/C26H18N2O3/c29-26(19-8-2-1-3-9-19)23-17-20(28(30)31)13-14-24(23)27-16-15-25(27)22-12-6-10-18-7-4-5-11-21(18)22/h1-15,17H,16H2. The Morgan fingerprint density at radius 3 is 2.35 bits per heavy atom. The van der Waals surface area contributed by atoms with Crippen LogP contribution in [0.1, 0.15) is 21.5 Å². The highest BCUT2D eigenvalue weighted by molar-refractivity contribution is 6.14. The van der Waals surface area contributed by atoms with Crippen LogP contribution in [0.15, 0.2) is 97.1 Å². The lowest BCUT2D eigenvalue weighted by atomic mass is 9.95. The van der Waals surface area contributed by atoms with Crippen LogP contribution in [0.25, 0.3) is 16.5 Å². The Morgan fingerprint density at radius 2 is 1.61 bits per heavy atom. The summed E-state index contributed by atoms with van der Waals surface area (Å²) in [5, 5.41) is 13.6. The van der Waals surface area contributed by atoms with E-state index in [4.69, 9.17) is 0 Å². The number of non-ortho nitro benzene ring substituents is 1. The normalized spacial score (nSPS) is 12.9. The summed E-state index contributed by atoms with van der Waals surface area (Å²) in [6.07, 6.45) is 2.11. The van der Waals surface area contributed by atoms with Crippen molar-refractivity contribution in [3.05, 3.63) is 124 Å². The molecule has 0 spiro atoms. The molecular formula is C26H18N2O3. The zero-order chi connectivity index (χ0) is 21.4. The molecule has 5 nitrogen and oxygen atoms in total. The minimum atomic E-state index is -0.469. The number of anilines is 1. The monoisotopic (exact) mass is 406 g/mol. The molecule has 5 rings (SSSR count). The average molecular weight is 406 g/mol. The Bertz CT molecular complexity index is 1350. The molecule has 150 valence electrons. The molecule has 1 heterocycles. The minimum absolute atomic E-state index is 0.0979. The minimum Gasteiger partial charge on any atom is -0.337 e. The van der Waals surface area contributed by atoms with Crippen molar-refractivity contribution >= 4 is 33.6 Å². The van der Waals surface area contributed by atoms with Crippen molar-refractivity contribution in [3.63, 3.8) is 0 Å². The zero-order valence-electron chi connectivity index (χ0n) is 16.6. The summed E-state index contributed by atoms with van der Waals surface area (Å²) >= 11 is 0. The first kappa shape index (κ1) is 18.8. The van der Waals surface area contributed by atoms with Crippen LogP contribution < -0.4 is 4.90 Å². The van der Waals surface area contributed by atoms with Crippen LogP contribution >= 0.6 is 0 Å². The second-order valence-corrected chi connectivity index (χ2v) is 7.38. The van der Waals surface area contributed by atoms with E-state index in [0.717, 1.165) is 22.0 Å². The maximum Gasteiger partial charge on any atom is 0.270 e. The van der Waals surface area contributed by atoms with Gasteiger partial charge in [-0.15, -0.1) is 0 Å². The van der Waals surface area contributed by atoms with Crippen LogP contribution in [-0.2, 0) is 0 Å². The molecule has 0 radical (unpaired) electrons. The van der Waals surface area contributed by atoms with Crippen LogP contribution in [-0.4, -0.2) is 17.3 Å². The summed E-state index contributed by atoms with van der Waals surface area (Å²) in [4.78, 5) is 26.2. The third-order valence-corrected chi connectivity index (χ3v) is 5.59. The Balaban J connectivity index is 1.61. The third-order valence-electron chi connectivity index (χ3n) is 5.59. The smallest absolute Gasteiger partial charge is 0.270 e. The first-order valence-corrected chi connectivity index (χ1v) is 9.97. The number of nitro groups is 1. The molecule has 31 heavy (non-hydrogen) atoms. The SMILES string of the molecule is O=C(c1ccccc1)c1cc([N+](=O)[O-])ccc1N1CC=C1c1cccc2ccccc12. The van der Waals surface area contributed by atoms with Crippen molar-refractivity contribution in [2.24, 2.45) is 0 Å². The van der Waals surface area contributed by atoms with Gasteiger partial charge in [-0.2, -0.15) is 0 Å². The zero-order valence-corrected chi connectivity index (χ0v) is 16.6. The van der Waals surface area contributed by atoms with Crippen molar-refractivity contribution in [3.8, 4) is 0 Å². The Labute approximate surface area is 179 Å². The Morgan fingerprint density at radius 1 is 0.871 bits per heavy atom. The van der Waals surface area contributed by atoms with E-state index < -0.39 is 4.92 Å². The van der Waals surface area contributed by atoms with Crippen LogP contribution in [0.4, 0.5) is 11.4 Å². The van der Waals surface area contributed by atoms with Crippen LogP contribution in [0.2, 0.25) is 0 Å². The molecule has 0 aromatic heterocycles. The van der Waals surface area contributed by atoms with Gasteiger partial charge in [-0.3, -0.25) is 14.9 Å². The van der Waals surface area contributed by atoms with Crippen LogP contribution in [0.3, 0.4) is 0 Å². The second kappa shape index (κ2) is 7.54. The van der Waals surface area contributed by atoms with Gasteiger partial charge in [-0.1, -0.05) is 72.8 Å². The van der Waals surface area contributed by atoms with Gasteiger partial charge in [0, 0.05) is 35.5 Å². The van der Waals surface area contributed by atoms with E-state index in [0.29, 0.717) is 23.4 Å². The maximum atomic E-state index is 13.3. The number of nitrogens with zero attached hydrogens (tertiary/aromatic N) is 2. The molecule has 1 aliphatic rings. The van der Waals surface area contributed by atoms with Gasteiger partial charge < -0.3 is 4.90 Å². The summed E-state index contributed by atoms with van der Waals surface area (Å²) in [6.45, 7) is 0.630. The molecule has 0 fully saturated rings. The Kier molecular flexibility index (Phi) is 4.56. The maximum absolute atomic E-state index is 13.3. The molecule has 0 bridgehead atoms. The molecule has 0 N–H and O–H groups in total. The van der Waals surface area contributed by atoms with Crippen molar-refractivity contribution in [1.29, 1.82) is 0 Å². The number of carbonyl (C=O) groups is 1. The number of nitro benzene ring substituents is 1. The van der Waals surface area contributed by atoms with Gasteiger partial charge in [0.15, 0.2) is 5.78 Å². The number of benzene rings is 4. The van der Waals surface area contributed by atoms with Gasteiger partial charge in [-0.05, 0) is 22.9 Å². The fourth-order valence-electron chi connectivity index (χ4n) is 4.01. The highest BCUT2D eigenvalue weighted by Gasteiger charge is 2.28. The van der Waals surface area contributed by atoms with Gasteiger partial charge in [0.2, 0.25) is 0 Å². The van der Waals surface area contributed by atoms with E-state index in [-0.39, 0.29) is 11.5 Å². The fourth-order valence-corrected chi connectivity index (χ4v) is 4.01. The molecule has 4 aromatic rings. The molecule has 0 saturated heterocycles. The van der Waals surface area contributed by atoms with Gasteiger partial charge in [0.25, 0.3) is 5.69 Å². The van der Waals surface area contributed by atoms with Crippen molar-refractivity contribution in [2.45, 2.75) is 0 Å². The molecule has 0 unspecified atom stereocenters. The number of ketones is 1. The fraction of sp³-hybridized carbons (Fsp3) is 0.0385. The van der Waals surface area contributed by atoms with E-state index in [1.165, 1.54) is 12.1 Å². The summed E-state index contributed by atoms with van der Waals surface area (Å²) in [6, 6.07) is 27.7. The van der Waals surface area contributed by atoms with E-state index >= 15 is 0 Å². The molecule has 0 atom stereocenters. The third kappa shape index (κ3) is 3.26. The number of rotatable bonds is 5. The van der Waals surface area contributed by atoms with E-state index in [9.17, 15) is 14.9 Å². The number of fused-ring (bicyclic) bond motifs is 1. The lowest BCUT2D eigenvalue weighted by Gasteiger charge is -2.35. The molecule has 0 amide bonds. The topological polar surface area (TPSA) is 63.4 Å². The van der Waals surface area contributed by atoms with E-state index in [1.54, 1.807) is 30.3 Å². The number of carbonyl (C=O) groups excluding carboxylic acids is 1. The van der Waals surface area contributed by atoms with Gasteiger partial charge in [0.05, 0.1) is 16.2 Å². The van der Waals surface area contributed by atoms with Gasteiger partial charge >= 0.3 is 0 Å². The largest absolute Gasteiger partial charge is 0.337 e. The first-order chi connectivity index (χ1) is 15.1. The molecule has 0 aliphatic carbocycles. The highest BCUT2D eigenvalue weighted by Crippen LogP contribution is 2.39. The highest BCUT2D eigenvalue weighted by atomic mass is 16.6. The summed E-state index contributed by atoms with van der Waals surface area (Å²) < 4.78 is 0. The molecule has 4 aromatic carbocycles. The molecule has 5 heteroatoms. The quantitative estimate of drug-likeness (QED) is 0.237. The number of hydrogen-bond acceptors (Lipinski definition) is 4. The van der Waals surface area contributed by atoms with Crippen molar-refractivity contribution in [2.75, 3.05) is 11.4 Å². The van der Waals surface area contributed by atoms with Crippen LogP contribution in [0.5, 0.6) is 0 Å². The van der Waals surface area contributed by atoms with Crippen LogP contribution in [0, 0.1) is 10.1 Å². The van der Waals surface area contributed by atoms with Crippen molar-refractivity contribution in [1.82, 2.24) is 0 Å². The number of hydrogen-bond donors (Lipinski definition) is 0. The van der Waals surface area contributed by atoms with Gasteiger partial charge in [-0.25, -0.2) is 0 Å². The first-order valence-electron chi connectivity index (χ1n) is 9.97. The van der Waals surface area contributed by atoms with Crippen molar-refractivity contribution < 1.29 is 9.72 Å². The lowest BCUT2D eigenvalue weighted by molar-refractivity contribution is -0.384. The Hall–Kier alpha value is -4.25. The molecular weight excluding hydrogens is 388 g/mol. The molecule has 0 saturated carbocycles. The predicted octanol–water partition coefficient (Wildman–Crippen LogP) is 5.84. The summed E-state index contributed by atoms with van der Waals surface area (Å²) in [7, 11) is 0. The lowest BCUT2D eigenvalue weighted by Crippen LogP contribution is -2.31.